The number of nitrogens with one attached hydrogen (secondary N) is 1. The van der Waals surface area contributed by atoms with Gasteiger partial charge in [-0.2, -0.15) is 0 Å². The minimum absolute atomic E-state index is 0.0896. The number of carbonyl (C=O) groups is 1. The fourth-order valence-electron chi connectivity index (χ4n) is 3.30. The summed E-state index contributed by atoms with van der Waals surface area (Å²) in [6, 6.07) is 10.4. The first-order valence-electron chi connectivity index (χ1n) is 8.84. The summed E-state index contributed by atoms with van der Waals surface area (Å²) in [4.78, 5) is 16.4. The summed E-state index contributed by atoms with van der Waals surface area (Å²) in [5.74, 6) is 0.786. The molecule has 1 fully saturated rings. The van der Waals surface area contributed by atoms with Crippen molar-refractivity contribution >= 4 is 17.0 Å². The summed E-state index contributed by atoms with van der Waals surface area (Å²) >= 11 is 0. The van der Waals surface area contributed by atoms with E-state index in [9.17, 15) is 4.79 Å². The summed E-state index contributed by atoms with van der Waals surface area (Å²) < 4.78 is 11.2. The van der Waals surface area contributed by atoms with Crippen LogP contribution in [0.3, 0.4) is 0 Å². The average Bonchev–Trinajstić information content (AvgIpc) is 3.01. The van der Waals surface area contributed by atoms with Crippen LogP contribution >= 0.6 is 0 Å². The van der Waals surface area contributed by atoms with Crippen molar-refractivity contribution in [2.45, 2.75) is 32.5 Å². The molecule has 1 saturated heterocycles. The lowest BCUT2D eigenvalue weighted by molar-refractivity contribution is -0.0177. The highest BCUT2D eigenvalue weighted by Gasteiger charge is 2.24. The molecule has 0 aliphatic carbocycles. The van der Waals surface area contributed by atoms with Crippen LogP contribution < -0.4 is 5.32 Å². The molecule has 2 atom stereocenters. The minimum atomic E-state index is -0.0896. The van der Waals surface area contributed by atoms with E-state index in [2.05, 4.69) is 24.1 Å². The lowest BCUT2D eigenvalue weighted by Crippen LogP contribution is -2.52. The Morgan fingerprint density at radius 3 is 3.00 bits per heavy atom. The smallest absolute Gasteiger partial charge is 0.317 e. The maximum atomic E-state index is 12.4. The van der Waals surface area contributed by atoms with E-state index in [1.54, 1.807) is 11.9 Å². The van der Waals surface area contributed by atoms with Gasteiger partial charge in [-0.1, -0.05) is 18.2 Å². The predicted octanol–water partition coefficient (Wildman–Crippen LogP) is 2.68. The highest BCUT2D eigenvalue weighted by molar-refractivity contribution is 5.78. The number of hydrogen-bond donors (Lipinski definition) is 1. The molecule has 6 nitrogen and oxygen atoms in total. The van der Waals surface area contributed by atoms with E-state index in [1.165, 1.54) is 0 Å². The van der Waals surface area contributed by atoms with Gasteiger partial charge in [-0.3, -0.25) is 4.90 Å². The number of benzene rings is 1. The first-order chi connectivity index (χ1) is 12.0. The molecule has 2 amide bonds. The Morgan fingerprint density at radius 1 is 1.44 bits per heavy atom. The van der Waals surface area contributed by atoms with Gasteiger partial charge in [-0.25, -0.2) is 4.79 Å². The number of urea groups is 1. The van der Waals surface area contributed by atoms with Crippen molar-refractivity contribution in [1.29, 1.82) is 0 Å². The van der Waals surface area contributed by atoms with E-state index < -0.39 is 0 Å². The quantitative estimate of drug-likeness (QED) is 0.905. The second-order valence-corrected chi connectivity index (χ2v) is 6.80. The SMILES string of the molecule is CC(CNC(=O)N(C)Cc1cc2ccccc2o1)N1CCOCC1C. The van der Waals surface area contributed by atoms with Gasteiger partial charge in [0, 0.05) is 37.6 Å². The van der Waals surface area contributed by atoms with E-state index in [-0.39, 0.29) is 12.1 Å². The van der Waals surface area contributed by atoms with E-state index in [0.717, 1.165) is 36.5 Å². The van der Waals surface area contributed by atoms with Crippen LogP contribution in [-0.2, 0) is 11.3 Å². The Hall–Kier alpha value is -2.05. The highest BCUT2D eigenvalue weighted by atomic mass is 16.5. The van der Waals surface area contributed by atoms with Gasteiger partial charge in [0.25, 0.3) is 0 Å². The van der Waals surface area contributed by atoms with Crippen molar-refractivity contribution in [3.8, 4) is 0 Å². The van der Waals surface area contributed by atoms with Crippen molar-refractivity contribution in [1.82, 2.24) is 15.1 Å². The first kappa shape index (κ1) is 17.8. The van der Waals surface area contributed by atoms with Crippen LogP contribution in [0.4, 0.5) is 4.79 Å². The highest BCUT2D eigenvalue weighted by Crippen LogP contribution is 2.19. The maximum Gasteiger partial charge on any atom is 0.317 e. The van der Waals surface area contributed by atoms with Crippen LogP contribution in [-0.4, -0.2) is 61.3 Å². The van der Waals surface area contributed by atoms with Crippen molar-refractivity contribution in [3.05, 3.63) is 36.1 Å². The van der Waals surface area contributed by atoms with Gasteiger partial charge in [-0.05, 0) is 26.0 Å². The molecule has 0 spiro atoms. The molecule has 0 saturated carbocycles. The molecular formula is C19H27N3O3. The van der Waals surface area contributed by atoms with Gasteiger partial charge in [0.05, 0.1) is 19.8 Å². The number of morpholine rings is 1. The molecule has 1 aromatic heterocycles. The van der Waals surface area contributed by atoms with Crippen molar-refractivity contribution in [3.63, 3.8) is 0 Å². The molecule has 6 heteroatoms. The van der Waals surface area contributed by atoms with Crippen LogP contribution in [0.5, 0.6) is 0 Å². The zero-order valence-electron chi connectivity index (χ0n) is 15.2. The number of ether oxygens (including phenoxy) is 1. The predicted molar refractivity (Wildman–Crippen MR) is 97.5 cm³/mol. The molecule has 0 radical (unpaired) electrons. The molecule has 1 N–H and O–H groups in total. The maximum absolute atomic E-state index is 12.4. The largest absolute Gasteiger partial charge is 0.459 e. The van der Waals surface area contributed by atoms with E-state index in [4.69, 9.17) is 9.15 Å². The van der Waals surface area contributed by atoms with Crippen LogP contribution in [0.2, 0.25) is 0 Å². The lowest BCUT2D eigenvalue weighted by Gasteiger charge is -2.38. The number of furan rings is 1. The molecule has 2 aromatic rings. The summed E-state index contributed by atoms with van der Waals surface area (Å²) in [5, 5.41) is 4.07. The van der Waals surface area contributed by atoms with E-state index >= 15 is 0 Å². The molecule has 0 bridgehead atoms. The van der Waals surface area contributed by atoms with E-state index in [1.807, 2.05) is 30.3 Å². The molecule has 1 aromatic carbocycles. The number of hydrogen-bond acceptors (Lipinski definition) is 4. The second kappa shape index (κ2) is 7.89. The van der Waals surface area contributed by atoms with Gasteiger partial charge in [-0.15, -0.1) is 0 Å². The lowest BCUT2D eigenvalue weighted by atomic mass is 10.2. The van der Waals surface area contributed by atoms with Crippen molar-refractivity contribution in [2.75, 3.05) is 33.4 Å². The Labute approximate surface area is 148 Å². The number of para-hydroxylation sites is 1. The average molecular weight is 345 g/mol. The summed E-state index contributed by atoms with van der Waals surface area (Å²) in [5.41, 5.74) is 0.848. The molecule has 2 unspecified atom stereocenters. The standard InChI is InChI=1S/C19H27N3O3/c1-14(22-8-9-24-13-15(22)2)11-20-19(23)21(3)12-17-10-16-6-4-5-7-18(16)25-17/h4-7,10,14-15H,8-9,11-13H2,1-3H3,(H,20,23). The number of carbonyl (C=O) groups excluding carboxylic acids is 1. The molecule has 1 aliphatic rings. The molecular weight excluding hydrogens is 318 g/mol. The van der Waals surface area contributed by atoms with Crippen LogP contribution in [0.1, 0.15) is 19.6 Å². The Balaban J connectivity index is 1.50. The third-order valence-electron chi connectivity index (χ3n) is 4.75. The molecule has 3 rings (SSSR count). The van der Waals surface area contributed by atoms with E-state index in [0.29, 0.717) is 19.1 Å². The van der Waals surface area contributed by atoms with Gasteiger partial charge in [0.15, 0.2) is 0 Å². The molecule has 25 heavy (non-hydrogen) atoms. The summed E-state index contributed by atoms with van der Waals surface area (Å²) in [7, 11) is 1.78. The Bertz CT molecular complexity index is 682. The third-order valence-corrected chi connectivity index (χ3v) is 4.75. The van der Waals surface area contributed by atoms with Crippen LogP contribution in [0.25, 0.3) is 11.0 Å². The minimum Gasteiger partial charge on any atom is -0.459 e. The summed E-state index contributed by atoms with van der Waals surface area (Å²) in [6.45, 7) is 7.79. The van der Waals surface area contributed by atoms with Crippen LogP contribution in [0, 0.1) is 0 Å². The number of nitrogens with zero attached hydrogens (tertiary/aromatic N) is 2. The fourth-order valence-corrected chi connectivity index (χ4v) is 3.30. The van der Waals surface area contributed by atoms with Crippen molar-refractivity contribution < 1.29 is 13.9 Å². The third kappa shape index (κ3) is 4.32. The molecule has 1 aliphatic heterocycles. The molecule has 2 heterocycles. The zero-order valence-corrected chi connectivity index (χ0v) is 15.2. The van der Waals surface area contributed by atoms with Gasteiger partial charge in [0.1, 0.15) is 11.3 Å². The van der Waals surface area contributed by atoms with Crippen molar-refractivity contribution in [2.24, 2.45) is 0 Å². The van der Waals surface area contributed by atoms with Gasteiger partial charge < -0.3 is 19.4 Å². The number of amides is 2. The number of fused-ring (bicyclic) bond motifs is 1. The van der Waals surface area contributed by atoms with Gasteiger partial charge >= 0.3 is 6.03 Å². The first-order valence-corrected chi connectivity index (χ1v) is 8.84. The van der Waals surface area contributed by atoms with Crippen LogP contribution in [0.15, 0.2) is 34.7 Å². The topological polar surface area (TPSA) is 58.0 Å². The zero-order chi connectivity index (χ0) is 17.8. The molecule has 136 valence electrons. The Morgan fingerprint density at radius 2 is 2.24 bits per heavy atom. The second-order valence-electron chi connectivity index (χ2n) is 6.80. The van der Waals surface area contributed by atoms with Gasteiger partial charge in [0.2, 0.25) is 0 Å². The summed E-state index contributed by atoms with van der Waals surface area (Å²) in [6.07, 6.45) is 0. The fraction of sp³-hybridized carbons (Fsp3) is 0.526. The normalized spacial score (nSPS) is 19.7. The monoisotopic (exact) mass is 345 g/mol. The number of rotatable bonds is 5. The Kier molecular flexibility index (Phi) is 5.60.